The van der Waals surface area contributed by atoms with Crippen molar-refractivity contribution in [3.05, 3.63) is 16.3 Å². The van der Waals surface area contributed by atoms with Crippen molar-refractivity contribution < 1.29 is 27.9 Å². The van der Waals surface area contributed by atoms with E-state index in [1.165, 1.54) is 7.11 Å². The average Bonchev–Trinajstić information content (AvgIpc) is 2.80. The molecule has 0 saturated carbocycles. The van der Waals surface area contributed by atoms with E-state index in [1.54, 1.807) is 11.4 Å². The number of amides is 1. The summed E-state index contributed by atoms with van der Waals surface area (Å²) in [6.07, 6.45) is 0.823. The molecule has 20 heavy (non-hydrogen) atoms. The van der Waals surface area contributed by atoms with Gasteiger partial charge in [0, 0.05) is 6.26 Å². The normalized spacial score (nSPS) is 12.7. The van der Waals surface area contributed by atoms with Crippen LogP contribution >= 0.6 is 11.3 Å². The van der Waals surface area contributed by atoms with Gasteiger partial charge < -0.3 is 15.2 Å². The number of hydrogen-bond donors (Lipinski definition) is 2. The highest BCUT2D eigenvalue weighted by Gasteiger charge is 2.24. The van der Waals surface area contributed by atoms with Gasteiger partial charge in [0.05, 0.1) is 12.9 Å². The molecule has 1 aromatic rings. The van der Waals surface area contributed by atoms with Crippen LogP contribution in [0.25, 0.3) is 0 Å². The van der Waals surface area contributed by atoms with Crippen LogP contribution in [-0.2, 0) is 14.6 Å². The van der Waals surface area contributed by atoms with Gasteiger partial charge in [-0.3, -0.25) is 4.79 Å². The molecule has 0 spiro atoms. The Hall–Kier alpha value is -1.61. The fraction of sp³-hybridized carbons (Fsp3) is 0.455. The van der Waals surface area contributed by atoms with Gasteiger partial charge in [-0.05, 0) is 17.9 Å². The molecule has 0 fully saturated rings. The zero-order valence-electron chi connectivity index (χ0n) is 11.0. The molecule has 0 bridgehead atoms. The molecule has 1 aromatic heterocycles. The number of carboxylic acid groups (broad SMARTS) is 1. The number of methoxy groups -OCH3 is 1. The van der Waals surface area contributed by atoms with Crippen LogP contribution in [0, 0.1) is 0 Å². The van der Waals surface area contributed by atoms with Crippen LogP contribution in [0.15, 0.2) is 11.4 Å². The highest BCUT2D eigenvalue weighted by molar-refractivity contribution is 7.90. The van der Waals surface area contributed by atoms with E-state index in [0.29, 0.717) is 5.75 Å². The van der Waals surface area contributed by atoms with E-state index in [4.69, 9.17) is 9.84 Å². The van der Waals surface area contributed by atoms with Crippen LogP contribution in [0.1, 0.15) is 16.1 Å². The standard InChI is InChI=1S/C11H15NO6S2/c1-18-8-3-5-19-9(8)10(13)12-7(11(14)15)4-6-20(2,16)17/h3,5,7H,4,6H2,1-2H3,(H,12,13)(H,14,15). The SMILES string of the molecule is COc1ccsc1C(=O)NC(CCS(C)(=O)=O)C(=O)O. The Kier molecular flexibility index (Phi) is 5.52. The maximum Gasteiger partial charge on any atom is 0.326 e. The molecule has 0 aliphatic rings. The summed E-state index contributed by atoms with van der Waals surface area (Å²) in [6, 6.07) is 0.329. The van der Waals surface area contributed by atoms with Crippen LogP contribution < -0.4 is 10.1 Å². The van der Waals surface area contributed by atoms with E-state index in [9.17, 15) is 18.0 Å². The lowest BCUT2D eigenvalue weighted by Gasteiger charge is -2.13. The number of carboxylic acids is 1. The Morgan fingerprint density at radius 1 is 1.50 bits per heavy atom. The summed E-state index contributed by atoms with van der Waals surface area (Å²) in [5, 5.41) is 12.9. The van der Waals surface area contributed by atoms with E-state index in [0.717, 1.165) is 17.6 Å². The first kappa shape index (κ1) is 16.4. The van der Waals surface area contributed by atoms with Crippen LogP contribution in [0.4, 0.5) is 0 Å². The minimum absolute atomic E-state index is 0.187. The lowest BCUT2D eigenvalue weighted by Crippen LogP contribution is -2.41. The second-order valence-electron chi connectivity index (χ2n) is 4.10. The molecule has 1 unspecified atom stereocenters. The minimum Gasteiger partial charge on any atom is -0.495 e. The highest BCUT2D eigenvalue weighted by Crippen LogP contribution is 2.24. The third-order valence-electron chi connectivity index (χ3n) is 2.44. The van der Waals surface area contributed by atoms with Gasteiger partial charge in [0.15, 0.2) is 0 Å². The average molecular weight is 321 g/mol. The summed E-state index contributed by atoms with van der Waals surface area (Å²) in [6.45, 7) is 0. The van der Waals surface area contributed by atoms with Crippen LogP contribution in [0.2, 0.25) is 0 Å². The van der Waals surface area contributed by atoms with Crippen molar-refractivity contribution >= 4 is 33.1 Å². The van der Waals surface area contributed by atoms with Crippen molar-refractivity contribution in [2.45, 2.75) is 12.5 Å². The molecule has 9 heteroatoms. The van der Waals surface area contributed by atoms with Gasteiger partial charge in [0.2, 0.25) is 0 Å². The molecule has 1 rings (SSSR count). The number of thiophene rings is 1. The second kappa shape index (κ2) is 6.71. The molecular weight excluding hydrogens is 306 g/mol. The summed E-state index contributed by atoms with van der Waals surface area (Å²) in [5.41, 5.74) is 0. The van der Waals surface area contributed by atoms with Crippen molar-refractivity contribution in [2.24, 2.45) is 0 Å². The lowest BCUT2D eigenvalue weighted by molar-refractivity contribution is -0.139. The molecule has 0 aliphatic carbocycles. The quantitative estimate of drug-likeness (QED) is 0.751. The fourth-order valence-corrected chi connectivity index (χ4v) is 2.86. The first-order valence-electron chi connectivity index (χ1n) is 5.57. The number of hydrogen-bond acceptors (Lipinski definition) is 6. The maximum atomic E-state index is 11.9. The highest BCUT2D eigenvalue weighted by atomic mass is 32.2. The Balaban J connectivity index is 2.76. The van der Waals surface area contributed by atoms with Crippen LogP contribution in [0.3, 0.4) is 0 Å². The molecule has 0 aliphatic heterocycles. The first-order valence-corrected chi connectivity index (χ1v) is 8.51. The van der Waals surface area contributed by atoms with Crippen LogP contribution in [-0.4, -0.2) is 50.6 Å². The number of carbonyl (C=O) groups excluding carboxylic acids is 1. The number of sulfone groups is 1. The largest absolute Gasteiger partial charge is 0.495 e. The third kappa shape index (κ3) is 4.82. The summed E-state index contributed by atoms with van der Waals surface area (Å²) >= 11 is 1.11. The van der Waals surface area contributed by atoms with Gasteiger partial charge in [-0.25, -0.2) is 13.2 Å². The van der Waals surface area contributed by atoms with Gasteiger partial charge in [-0.15, -0.1) is 11.3 Å². The Morgan fingerprint density at radius 3 is 2.65 bits per heavy atom. The van der Waals surface area contributed by atoms with E-state index in [-0.39, 0.29) is 17.1 Å². The molecule has 1 amide bonds. The number of carbonyl (C=O) groups is 2. The van der Waals surface area contributed by atoms with Crippen molar-refractivity contribution in [2.75, 3.05) is 19.1 Å². The van der Waals surface area contributed by atoms with Gasteiger partial charge >= 0.3 is 5.97 Å². The number of nitrogens with one attached hydrogen (secondary N) is 1. The Bertz CT molecular complexity index is 592. The monoisotopic (exact) mass is 321 g/mol. The molecule has 1 atom stereocenters. The second-order valence-corrected chi connectivity index (χ2v) is 7.28. The van der Waals surface area contributed by atoms with E-state index in [1.807, 2.05) is 0 Å². The zero-order valence-corrected chi connectivity index (χ0v) is 12.6. The molecule has 0 saturated heterocycles. The number of aliphatic carboxylic acids is 1. The van der Waals surface area contributed by atoms with Crippen molar-refractivity contribution in [1.82, 2.24) is 5.32 Å². The number of rotatable bonds is 7. The van der Waals surface area contributed by atoms with Gasteiger partial charge in [-0.1, -0.05) is 0 Å². The fourth-order valence-electron chi connectivity index (χ4n) is 1.44. The third-order valence-corrected chi connectivity index (χ3v) is 4.31. The summed E-state index contributed by atoms with van der Waals surface area (Å²) in [5.74, 6) is -1.85. The predicted octanol–water partition coefficient (Wildman–Crippen LogP) is 0.374. The van der Waals surface area contributed by atoms with Gasteiger partial charge in [0.25, 0.3) is 5.91 Å². The predicted molar refractivity (Wildman–Crippen MR) is 74.1 cm³/mol. The lowest BCUT2D eigenvalue weighted by atomic mass is 10.2. The van der Waals surface area contributed by atoms with Gasteiger partial charge in [0.1, 0.15) is 26.5 Å². The summed E-state index contributed by atoms with van der Waals surface area (Å²) in [7, 11) is -1.89. The molecular formula is C11H15NO6S2. The summed E-state index contributed by atoms with van der Waals surface area (Å²) in [4.78, 5) is 23.2. The van der Waals surface area contributed by atoms with Crippen molar-refractivity contribution in [3.8, 4) is 5.75 Å². The number of ether oxygens (including phenoxy) is 1. The van der Waals surface area contributed by atoms with E-state index in [2.05, 4.69) is 5.32 Å². The van der Waals surface area contributed by atoms with E-state index >= 15 is 0 Å². The Morgan fingerprint density at radius 2 is 2.15 bits per heavy atom. The van der Waals surface area contributed by atoms with Gasteiger partial charge in [-0.2, -0.15) is 0 Å². The Labute approximate surface area is 120 Å². The van der Waals surface area contributed by atoms with Crippen molar-refractivity contribution in [3.63, 3.8) is 0 Å². The topological polar surface area (TPSA) is 110 Å². The summed E-state index contributed by atoms with van der Waals surface area (Å²) < 4.78 is 27.1. The van der Waals surface area contributed by atoms with Crippen molar-refractivity contribution in [1.29, 1.82) is 0 Å². The van der Waals surface area contributed by atoms with Crippen LogP contribution in [0.5, 0.6) is 5.75 Å². The maximum absolute atomic E-state index is 11.9. The molecule has 112 valence electrons. The molecule has 0 radical (unpaired) electrons. The first-order chi connectivity index (χ1) is 9.24. The molecule has 2 N–H and O–H groups in total. The molecule has 7 nitrogen and oxygen atoms in total. The van der Waals surface area contributed by atoms with E-state index < -0.39 is 27.8 Å². The minimum atomic E-state index is -3.29. The molecule has 0 aromatic carbocycles. The smallest absolute Gasteiger partial charge is 0.326 e. The molecule has 1 heterocycles. The zero-order chi connectivity index (χ0) is 15.3.